The van der Waals surface area contributed by atoms with Crippen LogP contribution in [0.1, 0.15) is 24.1 Å². The summed E-state index contributed by atoms with van der Waals surface area (Å²) >= 11 is 1.22. The molecule has 6 rings (SSSR count). The lowest BCUT2D eigenvalue weighted by Gasteiger charge is -2.27. The van der Waals surface area contributed by atoms with Crippen molar-refractivity contribution >= 4 is 46.0 Å². The summed E-state index contributed by atoms with van der Waals surface area (Å²) in [6.45, 7) is 2.76. The lowest BCUT2D eigenvalue weighted by Crippen LogP contribution is -2.41. The quantitative estimate of drug-likeness (QED) is 0.570. The maximum atomic E-state index is 13.5. The predicted octanol–water partition coefficient (Wildman–Crippen LogP) is 4.55. The molecule has 0 unspecified atom stereocenters. The summed E-state index contributed by atoms with van der Waals surface area (Å²) in [6.07, 6.45) is 0. The van der Waals surface area contributed by atoms with Gasteiger partial charge in [0.25, 0.3) is 5.91 Å². The molecule has 0 saturated carbocycles. The number of para-hydroxylation sites is 1. The normalized spacial score (nSPS) is 18.5. The summed E-state index contributed by atoms with van der Waals surface area (Å²) in [5.74, 6) is 1.41. The van der Waals surface area contributed by atoms with E-state index < -0.39 is 11.3 Å². The van der Waals surface area contributed by atoms with Crippen molar-refractivity contribution in [1.82, 2.24) is 4.90 Å². The molecule has 2 atom stereocenters. The van der Waals surface area contributed by atoms with E-state index in [9.17, 15) is 9.59 Å². The fraction of sp³-hybridized carbons (Fsp3) is 0.185. The van der Waals surface area contributed by atoms with E-state index in [1.54, 1.807) is 30.0 Å². The van der Waals surface area contributed by atoms with Crippen molar-refractivity contribution in [3.63, 3.8) is 0 Å². The average molecular weight is 499 g/mol. The number of carbonyl (C=O) groups is 2. The van der Waals surface area contributed by atoms with Gasteiger partial charge in [-0.05, 0) is 36.8 Å². The number of ether oxygens (including phenoxy) is 2. The Kier molecular flexibility index (Phi) is 5.69. The summed E-state index contributed by atoms with van der Waals surface area (Å²) in [6, 6.07) is 21.7. The number of nitrogens with one attached hydrogen (secondary N) is 1. The van der Waals surface area contributed by atoms with Crippen LogP contribution in [0.2, 0.25) is 0 Å². The summed E-state index contributed by atoms with van der Waals surface area (Å²) < 4.78 is 11.2. The molecule has 2 amide bonds. The Morgan fingerprint density at radius 1 is 1.03 bits per heavy atom. The van der Waals surface area contributed by atoms with E-state index in [2.05, 4.69) is 5.32 Å². The highest BCUT2D eigenvalue weighted by Gasteiger charge is 2.42. The minimum absolute atomic E-state index is 0.184. The van der Waals surface area contributed by atoms with Crippen molar-refractivity contribution in [3.05, 3.63) is 83.9 Å². The number of amidine groups is 2. The molecular formula is C27H22N4O4S. The molecule has 0 spiro atoms. The minimum Gasteiger partial charge on any atom is -0.486 e. The lowest BCUT2D eigenvalue weighted by molar-refractivity contribution is -0.124. The van der Waals surface area contributed by atoms with Gasteiger partial charge in [-0.25, -0.2) is 14.9 Å². The number of nitrogens with zero attached hydrogens (tertiary/aromatic N) is 3. The largest absolute Gasteiger partial charge is 0.486 e. The molecule has 3 aromatic carbocycles. The first-order chi connectivity index (χ1) is 17.6. The zero-order valence-corrected chi connectivity index (χ0v) is 20.2. The van der Waals surface area contributed by atoms with Crippen LogP contribution in [-0.2, 0) is 9.59 Å². The summed E-state index contributed by atoms with van der Waals surface area (Å²) in [5, 5.41) is 2.82. The summed E-state index contributed by atoms with van der Waals surface area (Å²) in [7, 11) is 0. The molecule has 3 heterocycles. The van der Waals surface area contributed by atoms with Crippen LogP contribution in [0.5, 0.6) is 11.5 Å². The SMILES string of the molecule is C[C@@H](SC1=Nc2ccccc2C2=N[C@H](c3ccccc3)C(=O)N12)C(=O)Nc1ccc2c(c1)OCCO2. The molecule has 0 saturated heterocycles. The third-order valence-electron chi connectivity index (χ3n) is 6.05. The highest BCUT2D eigenvalue weighted by molar-refractivity contribution is 8.15. The first-order valence-electron chi connectivity index (χ1n) is 11.6. The fourth-order valence-electron chi connectivity index (χ4n) is 4.26. The van der Waals surface area contributed by atoms with Crippen LogP contribution in [0.4, 0.5) is 11.4 Å². The van der Waals surface area contributed by atoms with Crippen molar-refractivity contribution in [1.29, 1.82) is 0 Å². The number of fused-ring (bicyclic) bond motifs is 4. The summed E-state index contributed by atoms with van der Waals surface area (Å²) in [5.41, 5.74) is 2.94. The van der Waals surface area contributed by atoms with E-state index in [0.29, 0.717) is 41.4 Å². The Hall–Kier alpha value is -4.11. The molecule has 0 bridgehead atoms. The second kappa shape index (κ2) is 9.16. The molecule has 36 heavy (non-hydrogen) atoms. The molecule has 0 aromatic heterocycles. The van der Waals surface area contributed by atoms with Crippen LogP contribution >= 0.6 is 11.8 Å². The zero-order chi connectivity index (χ0) is 24.6. The second-order valence-corrected chi connectivity index (χ2v) is 9.77. The predicted molar refractivity (Wildman–Crippen MR) is 139 cm³/mol. The summed E-state index contributed by atoms with van der Waals surface area (Å²) in [4.78, 5) is 37.7. The smallest absolute Gasteiger partial charge is 0.263 e. The molecule has 9 heteroatoms. The molecule has 8 nitrogen and oxygen atoms in total. The van der Waals surface area contributed by atoms with E-state index in [1.807, 2.05) is 54.6 Å². The van der Waals surface area contributed by atoms with Crippen LogP contribution in [0.3, 0.4) is 0 Å². The number of carbonyl (C=O) groups excluding carboxylic acids is 2. The highest BCUT2D eigenvalue weighted by Crippen LogP contribution is 2.38. The van der Waals surface area contributed by atoms with Gasteiger partial charge in [-0.1, -0.05) is 54.2 Å². The monoisotopic (exact) mass is 498 g/mol. The molecular weight excluding hydrogens is 476 g/mol. The topological polar surface area (TPSA) is 92.6 Å². The van der Waals surface area contributed by atoms with Crippen LogP contribution in [-0.4, -0.2) is 46.2 Å². The average Bonchev–Trinajstić information content (AvgIpc) is 3.27. The standard InChI is InChI=1S/C27H22N4O4S/c1-16(25(32)28-18-11-12-21-22(15-18)35-14-13-34-21)36-27-29-20-10-6-5-9-19(20)24-30-23(26(33)31(24)27)17-7-3-2-4-8-17/h2-12,15-16,23H,13-14H2,1H3,(H,28,32)/t16-,23-/m1/s1. The van der Waals surface area contributed by atoms with E-state index in [1.165, 1.54) is 11.8 Å². The molecule has 3 aliphatic heterocycles. The van der Waals surface area contributed by atoms with Gasteiger partial charge in [-0.15, -0.1) is 0 Å². The van der Waals surface area contributed by atoms with Gasteiger partial charge < -0.3 is 14.8 Å². The Labute approximate surface area is 212 Å². The maximum absolute atomic E-state index is 13.5. The lowest BCUT2D eigenvalue weighted by atomic mass is 10.1. The van der Waals surface area contributed by atoms with Crippen molar-refractivity contribution in [2.45, 2.75) is 18.2 Å². The van der Waals surface area contributed by atoms with E-state index in [-0.39, 0.29) is 11.8 Å². The molecule has 180 valence electrons. The third-order valence-corrected chi connectivity index (χ3v) is 7.10. The van der Waals surface area contributed by atoms with Crippen molar-refractivity contribution < 1.29 is 19.1 Å². The first-order valence-corrected chi connectivity index (χ1v) is 12.5. The van der Waals surface area contributed by atoms with Crippen molar-refractivity contribution in [3.8, 4) is 11.5 Å². The number of thioether (sulfide) groups is 1. The van der Waals surface area contributed by atoms with Crippen LogP contribution < -0.4 is 14.8 Å². The van der Waals surface area contributed by atoms with Gasteiger partial charge in [0.2, 0.25) is 5.91 Å². The van der Waals surface area contributed by atoms with Gasteiger partial charge in [0.05, 0.1) is 10.9 Å². The van der Waals surface area contributed by atoms with Gasteiger partial charge in [0.15, 0.2) is 22.7 Å². The van der Waals surface area contributed by atoms with Crippen LogP contribution in [0, 0.1) is 0 Å². The molecule has 0 aliphatic carbocycles. The number of aliphatic imine (C=N–C) groups is 2. The molecule has 0 radical (unpaired) electrons. The van der Waals surface area contributed by atoms with Gasteiger partial charge in [0.1, 0.15) is 19.0 Å². The van der Waals surface area contributed by atoms with Gasteiger partial charge in [-0.3, -0.25) is 9.59 Å². The number of hydrogen-bond donors (Lipinski definition) is 1. The van der Waals surface area contributed by atoms with Gasteiger partial charge in [0, 0.05) is 17.3 Å². The number of rotatable bonds is 4. The Morgan fingerprint density at radius 3 is 2.61 bits per heavy atom. The van der Waals surface area contributed by atoms with E-state index in [4.69, 9.17) is 19.5 Å². The molecule has 3 aliphatic rings. The Bertz CT molecular complexity index is 1420. The minimum atomic E-state index is -0.653. The highest BCUT2D eigenvalue weighted by atomic mass is 32.2. The molecule has 3 aromatic rings. The molecule has 0 fully saturated rings. The number of anilines is 1. The van der Waals surface area contributed by atoms with Gasteiger partial charge >= 0.3 is 0 Å². The zero-order valence-electron chi connectivity index (χ0n) is 19.4. The van der Waals surface area contributed by atoms with E-state index in [0.717, 1.165) is 16.8 Å². The number of benzene rings is 3. The molecule has 1 N–H and O–H groups in total. The van der Waals surface area contributed by atoms with Crippen LogP contribution in [0.15, 0.2) is 82.8 Å². The second-order valence-electron chi connectivity index (χ2n) is 8.46. The fourth-order valence-corrected chi connectivity index (χ4v) is 5.17. The van der Waals surface area contributed by atoms with Crippen molar-refractivity contribution in [2.24, 2.45) is 9.98 Å². The van der Waals surface area contributed by atoms with Crippen molar-refractivity contribution in [2.75, 3.05) is 18.5 Å². The first kappa shape index (κ1) is 22.4. The van der Waals surface area contributed by atoms with Gasteiger partial charge in [-0.2, -0.15) is 0 Å². The van der Waals surface area contributed by atoms with E-state index >= 15 is 0 Å². The third kappa shape index (κ3) is 4.01. The van der Waals surface area contributed by atoms with Crippen LogP contribution in [0.25, 0.3) is 0 Å². The maximum Gasteiger partial charge on any atom is 0.263 e. The Morgan fingerprint density at radius 2 is 1.78 bits per heavy atom. The number of amides is 2. The Balaban J connectivity index is 1.25. The number of hydrogen-bond acceptors (Lipinski definition) is 7.